The molecule has 11 nitrogen and oxygen atoms in total. The molecule has 45 heavy (non-hydrogen) atoms. The highest BCUT2D eigenvalue weighted by Crippen LogP contribution is 2.51. The van der Waals surface area contributed by atoms with Crippen LogP contribution in [0.4, 0.5) is 0 Å². The van der Waals surface area contributed by atoms with Crippen molar-refractivity contribution in [2.24, 2.45) is 0 Å². The van der Waals surface area contributed by atoms with E-state index in [9.17, 15) is 40.9 Å². The van der Waals surface area contributed by atoms with Gasteiger partial charge in [-0.2, -0.15) is 0 Å². The molecule has 1 saturated heterocycles. The summed E-state index contributed by atoms with van der Waals surface area (Å²) in [7, 11) is 0. The number of aliphatic hydroxyl groups is 4. The highest BCUT2D eigenvalue weighted by Gasteiger charge is 2.45. The molecule has 2 aliphatic heterocycles. The first-order valence-corrected chi connectivity index (χ1v) is 14.2. The monoisotopic (exact) mass is 616 g/mol. The minimum atomic E-state index is -1.64. The van der Waals surface area contributed by atoms with Crippen molar-refractivity contribution in [2.45, 2.75) is 42.7 Å². The topological polar surface area (TPSA) is 190 Å². The standard InChI is InChI=1S/C34H32O11/c35-16-28-30(40)31(41)32(42)34(45-28)43-25-13-20(12-24(39)15-25)29-26-11-17(1-2-18-9-22(37)14-23(38)10-18)3-8-27(26)44-33(29)19-4-6-21(36)7-5-19/h1-15,28-42H,16H2/t28-,29-,30-,31-,32-,33-,34+/m0/s1. The lowest BCUT2D eigenvalue weighted by atomic mass is 9.84. The maximum absolute atomic E-state index is 10.8. The summed E-state index contributed by atoms with van der Waals surface area (Å²) >= 11 is 0. The maximum atomic E-state index is 10.8. The van der Waals surface area contributed by atoms with Crippen molar-refractivity contribution >= 4 is 12.2 Å². The van der Waals surface area contributed by atoms with Gasteiger partial charge in [0.2, 0.25) is 6.29 Å². The average molecular weight is 617 g/mol. The van der Waals surface area contributed by atoms with Crippen LogP contribution in [0.5, 0.6) is 34.5 Å². The second kappa shape index (κ2) is 12.3. The van der Waals surface area contributed by atoms with Crippen molar-refractivity contribution in [3.05, 3.63) is 107 Å². The van der Waals surface area contributed by atoms with E-state index < -0.39 is 49.3 Å². The molecule has 0 amide bonds. The summed E-state index contributed by atoms with van der Waals surface area (Å²) in [5.41, 5.74) is 3.48. The van der Waals surface area contributed by atoms with E-state index in [1.54, 1.807) is 42.5 Å². The summed E-state index contributed by atoms with van der Waals surface area (Å²) in [5.74, 6) is -0.0312. The maximum Gasteiger partial charge on any atom is 0.229 e. The molecule has 0 saturated carbocycles. The summed E-state index contributed by atoms with van der Waals surface area (Å²) in [6.07, 6.45) is -4.48. The second-order valence-electron chi connectivity index (χ2n) is 11.1. The largest absolute Gasteiger partial charge is 0.508 e. The van der Waals surface area contributed by atoms with Crippen LogP contribution in [0.3, 0.4) is 0 Å². The van der Waals surface area contributed by atoms with Crippen molar-refractivity contribution in [1.82, 2.24) is 0 Å². The van der Waals surface area contributed by atoms with Gasteiger partial charge in [0, 0.05) is 17.7 Å². The van der Waals surface area contributed by atoms with Crippen LogP contribution in [-0.4, -0.2) is 78.2 Å². The van der Waals surface area contributed by atoms with Crippen LogP contribution in [0.15, 0.2) is 78.9 Å². The third-order valence-corrected chi connectivity index (χ3v) is 7.91. The van der Waals surface area contributed by atoms with Gasteiger partial charge in [0.05, 0.1) is 12.5 Å². The van der Waals surface area contributed by atoms with E-state index in [-0.39, 0.29) is 28.7 Å². The lowest BCUT2D eigenvalue weighted by Gasteiger charge is -2.39. The molecule has 0 radical (unpaired) electrons. The van der Waals surface area contributed by atoms with E-state index >= 15 is 0 Å². The fourth-order valence-electron chi connectivity index (χ4n) is 5.73. The second-order valence-corrected chi connectivity index (χ2v) is 11.1. The van der Waals surface area contributed by atoms with Gasteiger partial charge in [0.1, 0.15) is 65.0 Å². The van der Waals surface area contributed by atoms with Crippen molar-refractivity contribution < 1.29 is 55.1 Å². The molecule has 1 fully saturated rings. The summed E-state index contributed by atoms with van der Waals surface area (Å²) in [6.45, 7) is -0.621. The van der Waals surface area contributed by atoms with Crippen molar-refractivity contribution in [1.29, 1.82) is 0 Å². The summed E-state index contributed by atoms with van der Waals surface area (Å²) < 4.78 is 17.7. The van der Waals surface area contributed by atoms with Crippen molar-refractivity contribution in [3.8, 4) is 34.5 Å². The molecule has 4 aromatic carbocycles. The van der Waals surface area contributed by atoms with E-state index in [0.29, 0.717) is 16.9 Å². The van der Waals surface area contributed by atoms with Crippen LogP contribution in [-0.2, 0) is 4.74 Å². The molecule has 0 unspecified atom stereocenters. The molecule has 234 valence electrons. The lowest BCUT2D eigenvalue weighted by Crippen LogP contribution is -2.60. The van der Waals surface area contributed by atoms with Gasteiger partial charge < -0.3 is 55.1 Å². The van der Waals surface area contributed by atoms with Gasteiger partial charge in [-0.05, 0) is 70.8 Å². The van der Waals surface area contributed by atoms with Crippen LogP contribution in [0.1, 0.15) is 39.8 Å². The molecule has 7 atom stereocenters. The SMILES string of the molecule is OC[C@@H]1O[C@@H](Oc2cc(O)cc([C@H]3c4cc(C=Cc5cc(O)cc(O)c5)ccc4O[C@H]3c3ccc(O)cc3)c2)[C@@H](O)[C@@H](O)[C@H]1O. The van der Waals surface area contributed by atoms with Gasteiger partial charge in [-0.1, -0.05) is 30.4 Å². The number of aliphatic hydroxyl groups excluding tert-OH is 4. The van der Waals surface area contributed by atoms with Gasteiger partial charge in [-0.15, -0.1) is 0 Å². The molecule has 0 spiro atoms. The fourth-order valence-corrected chi connectivity index (χ4v) is 5.73. The van der Waals surface area contributed by atoms with E-state index in [1.807, 2.05) is 24.3 Å². The molecule has 2 aliphatic rings. The Kier molecular flexibility index (Phi) is 8.28. The molecular weight excluding hydrogens is 584 g/mol. The molecular formula is C34H32O11. The van der Waals surface area contributed by atoms with E-state index in [1.165, 1.54) is 24.3 Å². The molecule has 0 bridgehead atoms. The summed E-state index contributed by atoms with van der Waals surface area (Å²) in [4.78, 5) is 0. The van der Waals surface area contributed by atoms with Gasteiger partial charge in [-0.3, -0.25) is 0 Å². The van der Waals surface area contributed by atoms with Gasteiger partial charge in [-0.25, -0.2) is 0 Å². The number of fused-ring (bicyclic) bond motifs is 1. The fraction of sp³-hybridized carbons (Fsp3) is 0.235. The Hall–Kier alpha value is -4.78. The first-order valence-electron chi connectivity index (χ1n) is 14.2. The molecule has 0 aromatic heterocycles. The number of phenolic OH excluding ortho intramolecular Hbond substituents is 4. The van der Waals surface area contributed by atoms with Crippen LogP contribution in [0, 0.1) is 0 Å². The summed E-state index contributed by atoms with van der Waals surface area (Å²) in [5, 5.41) is 80.7. The Morgan fingerprint density at radius 3 is 2.04 bits per heavy atom. The molecule has 8 N–H and O–H groups in total. The van der Waals surface area contributed by atoms with Crippen molar-refractivity contribution in [3.63, 3.8) is 0 Å². The number of hydrogen-bond donors (Lipinski definition) is 8. The Labute approximate surface area is 257 Å². The van der Waals surface area contributed by atoms with Gasteiger partial charge >= 0.3 is 0 Å². The van der Waals surface area contributed by atoms with Gasteiger partial charge in [0.25, 0.3) is 0 Å². The van der Waals surface area contributed by atoms with E-state index in [4.69, 9.17) is 14.2 Å². The predicted molar refractivity (Wildman–Crippen MR) is 161 cm³/mol. The quantitative estimate of drug-likeness (QED) is 0.142. The lowest BCUT2D eigenvalue weighted by molar-refractivity contribution is -0.277. The molecule has 2 heterocycles. The number of hydrogen-bond acceptors (Lipinski definition) is 11. The zero-order chi connectivity index (χ0) is 31.8. The van der Waals surface area contributed by atoms with E-state index in [0.717, 1.165) is 16.7 Å². The van der Waals surface area contributed by atoms with Crippen LogP contribution in [0.2, 0.25) is 0 Å². The number of benzene rings is 4. The molecule has 0 aliphatic carbocycles. The Balaban J connectivity index is 1.37. The Morgan fingerprint density at radius 2 is 1.33 bits per heavy atom. The van der Waals surface area contributed by atoms with Crippen LogP contribution >= 0.6 is 0 Å². The van der Waals surface area contributed by atoms with E-state index in [2.05, 4.69) is 0 Å². The van der Waals surface area contributed by atoms with Gasteiger partial charge in [0.15, 0.2) is 0 Å². The van der Waals surface area contributed by atoms with Crippen molar-refractivity contribution in [2.75, 3.05) is 6.61 Å². The summed E-state index contributed by atoms with van der Waals surface area (Å²) in [6, 6.07) is 20.9. The first kappa shape index (κ1) is 30.3. The Bertz CT molecular complexity index is 1680. The predicted octanol–water partition coefficient (Wildman–Crippen LogP) is 3.12. The number of phenols is 4. The number of aromatic hydroxyl groups is 4. The minimum absolute atomic E-state index is 0.0700. The Morgan fingerprint density at radius 1 is 0.644 bits per heavy atom. The molecule has 6 rings (SSSR count). The first-order chi connectivity index (χ1) is 21.6. The smallest absolute Gasteiger partial charge is 0.229 e. The number of ether oxygens (including phenoxy) is 3. The minimum Gasteiger partial charge on any atom is -0.508 e. The zero-order valence-corrected chi connectivity index (χ0v) is 23.7. The normalized spacial score (nSPS) is 26.0. The highest BCUT2D eigenvalue weighted by atomic mass is 16.7. The third kappa shape index (κ3) is 6.25. The molecule has 4 aromatic rings. The third-order valence-electron chi connectivity index (χ3n) is 7.91. The molecule has 11 heteroatoms. The zero-order valence-electron chi connectivity index (χ0n) is 23.7. The highest BCUT2D eigenvalue weighted by molar-refractivity contribution is 5.72. The van der Waals surface area contributed by atoms with Crippen LogP contribution < -0.4 is 9.47 Å². The number of rotatable bonds is 7. The van der Waals surface area contributed by atoms with Crippen LogP contribution in [0.25, 0.3) is 12.2 Å². The average Bonchev–Trinajstić information content (AvgIpc) is 3.39.